The van der Waals surface area contributed by atoms with Crippen molar-refractivity contribution < 1.29 is 0 Å². The summed E-state index contributed by atoms with van der Waals surface area (Å²) in [6, 6.07) is 0. The van der Waals surface area contributed by atoms with E-state index in [9.17, 15) is 0 Å². The molecular weight excluding hydrogens is 168 g/mol. The standard InChI is InChI=1S/2C7H12/c2*1-5-7(4)6(2)3/h2*5H,2H2,1,3-4H3/b7-5+;7-5-. The highest BCUT2D eigenvalue weighted by molar-refractivity contribution is 5.22. The van der Waals surface area contributed by atoms with E-state index >= 15 is 0 Å². The molecule has 0 aliphatic rings. The molecule has 0 aromatic heterocycles. The number of hydrogen-bond donors (Lipinski definition) is 0. The van der Waals surface area contributed by atoms with Gasteiger partial charge in [0.15, 0.2) is 0 Å². The number of rotatable bonds is 2. The van der Waals surface area contributed by atoms with Crippen LogP contribution in [0.25, 0.3) is 0 Å². The summed E-state index contributed by atoms with van der Waals surface area (Å²) < 4.78 is 0. The van der Waals surface area contributed by atoms with E-state index in [0.717, 1.165) is 11.1 Å². The Bertz CT molecular complexity index is 221. The van der Waals surface area contributed by atoms with Crippen molar-refractivity contribution in [2.45, 2.75) is 41.5 Å². The molecule has 0 aliphatic carbocycles. The monoisotopic (exact) mass is 192 g/mol. The maximum atomic E-state index is 3.76. The molecule has 0 atom stereocenters. The Morgan fingerprint density at radius 3 is 0.929 bits per heavy atom. The summed E-state index contributed by atoms with van der Waals surface area (Å²) in [6.45, 7) is 19.7. The molecule has 0 saturated heterocycles. The van der Waals surface area contributed by atoms with Crippen molar-refractivity contribution in [3.63, 3.8) is 0 Å². The first-order valence-corrected chi connectivity index (χ1v) is 4.94. The highest BCUT2D eigenvalue weighted by atomic mass is 13.9. The first-order valence-electron chi connectivity index (χ1n) is 4.94. The molecule has 0 saturated carbocycles. The summed E-state index contributed by atoms with van der Waals surface area (Å²) in [5.41, 5.74) is 4.87. The summed E-state index contributed by atoms with van der Waals surface area (Å²) >= 11 is 0. The van der Waals surface area contributed by atoms with Crippen LogP contribution >= 0.6 is 0 Å². The lowest BCUT2D eigenvalue weighted by Gasteiger charge is -1.92. The fourth-order valence-electron chi connectivity index (χ4n) is 0.493. The third kappa shape index (κ3) is 9.05. The van der Waals surface area contributed by atoms with Gasteiger partial charge in [-0.25, -0.2) is 0 Å². The summed E-state index contributed by atoms with van der Waals surface area (Å²) in [7, 11) is 0. The average molecular weight is 192 g/mol. The maximum Gasteiger partial charge on any atom is -0.0399 e. The third-order valence-electron chi connectivity index (χ3n) is 2.21. The van der Waals surface area contributed by atoms with Gasteiger partial charge < -0.3 is 0 Å². The molecule has 80 valence electrons. The van der Waals surface area contributed by atoms with E-state index < -0.39 is 0 Å². The normalized spacial score (nSPS) is 11.6. The Morgan fingerprint density at radius 2 is 0.929 bits per heavy atom. The molecule has 0 rings (SSSR count). The predicted molar refractivity (Wildman–Crippen MR) is 68.5 cm³/mol. The molecule has 0 heterocycles. The van der Waals surface area contributed by atoms with Gasteiger partial charge in [-0.1, -0.05) is 47.6 Å². The zero-order chi connectivity index (χ0) is 11.7. The van der Waals surface area contributed by atoms with E-state index in [1.807, 2.05) is 27.7 Å². The van der Waals surface area contributed by atoms with Crippen LogP contribution in [0.15, 0.2) is 47.6 Å². The van der Waals surface area contributed by atoms with Gasteiger partial charge >= 0.3 is 0 Å². The van der Waals surface area contributed by atoms with Gasteiger partial charge in [0.2, 0.25) is 0 Å². The highest BCUT2D eigenvalue weighted by Gasteiger charge is 1.81. The lowest BCUT2D eigenvalue weighted by Crippen LogP contribution is -1.71. The number of hydrogen-bond acceptors (Lipinski definition) is 0. The lowest BCUT2D eigenvalue weighted by molar-refractivity contribution is 1.34. The molecule has 0 unspecified atom stereocenters. The van der Waals surface area contributed by atoms with Gasteiger partial charge in [0.1, 0.15) is 0 Å². The second kappa shape index (κ2) is 8.55. The molecule has 0 radical (unpaired) electrons. The second-order valence-electron chi connectivity index (χ2n) is 3.50. The van der Waals surface area contributed by atoms with Gasteiger partial charge in [0.05, 0.1) is 0 Å². The van der Waals surface area contributed by atoms with E-state index in [4.69, 9.17) is 0 Å². The van der Waals surface area contributed by atoms with E-state index in [2.05, 4.69) is 39.2 Å². The van der Waals surface area contributed by atoms with Gasteiger partial charge in [-0.2, -0.15) is 0 Å². The van der Waals surface area contributed by atoms with Gasteiger partial charge in [0, 0.05) is 0 Å². The number of allylic oxidation sites excluding steroid dienone is 6. The van der Waals surface area contributed by atoms with Crippen LogP contribution in [-0.2, 0) is 0 Å². The van der Waals surface area contributed by atoms with Crippen molar-refractivity contribution in [1.82, 2.24) is 0 Å². The summed E-state index contributed by atoms with van der Waals surface area (Å²) in [5.74, 6) is 0. The molecule has 0 N–H and O–H groups in total. The quantitative estimate of drug-likeness (QED) is 0.537. The van der Waals surface area contributed by atoms with Crippen molar-refractivity contribution in [1.29, 1.82) is 0 Å². The van der Waals surface area contributed by atoms with Gasteiger partial charge in [0.25, 0.3) is 0 Å². The largest absolute Gasteiger partial charge is 0.0959 e. The smallest absolute Gasteiger partial charge is 0.0399 e. The zero-order valence-electron chi connectivity index (χ0n) is 10.6. The first-order chi connectivity index (χ1) is 6.36. The Balaban J connectivity index is 0. The van der Waals surface area contributed by atoms with E-state index in [0.29, 0.717) is 0 Å². The van der Waals surface area contributed by atoms with Crippen LogP contribution in [0, 0.1) is 0 Å². The summed E-state index contributed by atoms with van der Waals surface area (Å²) in [6.07, 6.45) is 4.12. The molecule has 0 aromatic carbocycles. The molecule has 0 fully saturated rings. The van der Waals surface area contributed by atoms with Crippen molar-refractivity contribution >= 4 is 0 Å². The third-order valence-corrected chi connectivity index (χ3v) is 2.21. The lowest BCUT2D eigenvalue weighted by atomic mass is 10.2. The minimum Gasteiger partial charge on any atom is -0.0959 e. The Kier molecular flexibility index (Phi) is 9.43. The van der Waals surface area contributed by atoms with Crippen LogP contribution < -0.4 is 0 Å². The predicted octanol–water partition coefficient (Wildman–Crippen LogP) is 5.06. The molecule has 0 heteroatoms. The summed E-state index contributed by atoms with van der Waals surface area (Å²) in [5, 5.41) is 0. The molecule has 0 nitrogen and oxygen atoms in total. The Hall–Kier alpha value is -1.04. The fraction of sp³-hybridized carbons (Fsp3) is 0.429. The molecule has 0 aliphatic heterocycles. The molecule has 0 bridgehead atoms. The fourth-order valence-corrected chi connectivity index (χ4v) is 0.493. The SMILES string of the molecule is C=C(C)/C(C)=C/C.C=C(C)/C(C)=C\C. The van der Waals surface area contributed by atoms with Gasteiger partial charge in [-0.15, -0.1) is 0 Å². The minimum atomic E-state index is 1.16. The van der Waals surface area contributed by atoms with Gasteiger partial charge in [-0.05, 0) is 41.5 Å². The highest BCUT2D eigenvalue weighted by Crippen LogP contribution is 2.02. The molecule has 14 heavy (non-hydrogen) atoms. The van der Waals surface area contributed by atoms with Crippen molar-refractivity contribution in [3.05, 3.63) is 47.6 Å². The van der Waals surface area contributed by atoms with Crippen LogP contribution in [0.4, 0.5) is 0 Å². The van der Waals surface area contributed by atoms with Crippen LogP contribution in [-0.4, -0.2) is 0 Å². The average Bonchev–Trinajstić information content (AvgIpc) is 2.15. The minimum absolute atomic E-state index is 1.16. The second-order valence-corrected chi connectivity index (χ2v) is 3.50. The Labute approximate surface area is 89.7 Å². The molecule has 0 spiro atoms. The van der Waals surface area contributed by atoms with Crippen LogP contribution in [0.5, 0.6) is 0 Å². The van der Waals surface area contributed by atoms with Crippen molar-refractivity contribution in [2.75, 3.05) is 0 Å². The molecular formula is C14H24. The van der Waals surface area contributed by atoms with Gasteiger partial charge in [-0.3, -0.25) is 0 Å². The van der Waals surface area contributed by atoms with Crippen LogP contribution in [0.1, 0.15) is 41.5 Å². The summed E-state index contributed by atoms with van der Waals surface area (Å²) in [4.78, 5) is 0. The Morgan fingerprint density at radius 1 is 0.714 bits per heavy atom. The van der Waals surface area contributed by atoms with Crippen molar-refractivity contribution in [2.24, 2.45) is 0 Å². The first kappa shape index (κ1) is 15.4. The molecule has 0 amide bonds. The van der Waals surface area contributed by atoms with Crippen LogP contribution in [0.2, 0.25) is 0 Å². The zero-order valence-corrected chi connectivity index (χ0v) is 10.6. The topological polar surface area (TPSA) is 0 Å². The maximum absolute atomic E-state index is 3.76. The van der Waals surface area contributed by atoms with Crippen LogP contribution in [0.3, 0.4) is 0 Å². The van der Waals surface area contributed by atoms with E-state index in [1.165, 1.54) is 11.1 Å². The van der Waals surface area contributed by atoms with E-state index in [1.54, 1.807) is 0 Å². The molecule has 0 aromatic rings. The van der Waals surface area contributed by atoms with E-state index in [-0.39, 0.29) is 0 Å². The van der Waals surface area contributed by atoms with Crippen molar-refractivity contribution in [3.8, 4) is 0 Å².